The molecule has 1 aromatic carbocycles. The van der Waals surface area contributed by atoms with Crippen LogP contribution in [0.4, 0.5) is 0 Å². The Morgan fingerprint density at radius 2 is 1.66 bits per heavy atom. The second kappa shape index (κ2) is 8.80. The average molecular weight is 437 g/mol. The molecule has 2 heterocycles. The van der Waals surface area contributed by atoms with E-state index in [1.54, 1.807) is 46.2 Å². The quantitative estimate of drug-likeness (QED) is 0.698. The van der Waals surface area contributed by atoms with Gasteiger partial charge < -0.3 is 23.9 Å². The largest absolute Gasteiger partial charge is 0.459 e. The van der Waals surface area contributed by atoms with Crippen molar-refractivity contribution in [1.29, 1.82) is 0 Å². The van der Waals surface area contributed by atoms with Crippen LogP contribution in [0.2, 0.25) is 0 Å². The van der Waals surface area contributed by atoms with Crippen LogP contribution in [0.5, 0.6) is 0 Å². The number of ether oxygens (including phenoxy) is 1. The summed E-state index contributed by atoms with van der Waals surface area (Å²) < 4.78 is 10.1. The Labute approximate surface area is 184 Å². The number of hydrogen-bond acceptors (Lipinski definition) is 7. The van der Waals surface area contributed by atoms with Gasteiger partial charge in [0.1, 0.15) is 18.0 Å². The van der Waals surface area contributed by atoms with Crippen LogP contribution in [-0.4, -0.2) is 85.0 Å². The summed E-state index contributed by atoms with van der Waals surface area (Å²) in [5, 5.41) is 0. The molecule has 2 aliphatic rings. The number of carbonyl (C=O) groups excluding carboxylic acids is 4. The van der Waals surface area contributed by atoms with Gasteiger partial charge in [-0.1, -0.05) is 24.3 Å². The van der Waals surface area contributed by atoms with Crippen LogP contribution in [0.25, 0.3) is 0 Å². The molecule has 9 heteroatoms. The molecular formula is C23H23N3O6. The summed E-state index contributed by atoms with van der Waals surface area (Å²) in [6.45, 7) is 1.13. The molecule has 166 valence electrons. The van der Waals surface area contributed by atoms with Crippen LogP contribution in [0.3, 0.4) is 0 Å². The van der Waals surface area contributed by atoms with E-state index in [4.69, 9.17) is 9.15 Å². The first kappa shape index (κ1) is 21.5. The third kappa shape index (κ3) is 3.71. The highest BCUT2D eigenvalue weighted by Crippen LogP contribution is 2.31. The van der Waals surface area contributed by atoms with Gasteiger partial charge in [0.05, 0.1) is 6.26 Å². The smallest absolute Gasteiger partial charge is 0.289 e. The fourth-order valence-corrected chi connectivity index (χ4v) is 3.99. The lowest BCUT2D eigenvalue weighted by Crippen LogP contribution is -2.51. The van der Waals surface area contributed by atoms with Crippen molar-refractivity contribution >= 4 is 23.4 Å². The van der Waals surface area contributed by atoms with Gasteiger partial charge in [-0.05, 0) is 12.1 Å². The highest BCUT2D eigenvalue weighted by Gasteiger charge is 2.39. The lowest BCUT2D eigenvalue weighted by Gasteiger charge is -2.39. The highest BCUT2D eigenvalue weighted by atomic mass is 16.5. The third-order valence-electron chi connectivity index (χ3n) is 5.66. The van der Waals surface area contributed by atoms with E-state index >= 15 is 0 Å². The van der Waals surface area contributed by atoms with E-state index in [-0.39, 0.29) is 41.0 Å². The number of methoxy groups -OCH3 is 1. The van der Waals surface area contributed by atoms with E-state index in [2.05, 4.69) is 0 Å². The minimum Gasteiger partial charge on any atom is -0.459 e. The van der Waals surface area contributed by atoms with Gasteiger partial charge in [-0.15, -0.1) is 0 Å². The summed E-state index contributed by atoms with van der Waals surface area (Å²) in [6, 6.07) is 9.83. The van der Waals surface area contributed by atoms with Crippen LogP contribution < -0.4 is 0 Å². The summed E-state index contributed by atoms with van der Waals surface area (Å²) in [4.78, 5) is 56.5. The maximum Gasteiger partial charge on any atom is 0.289 e. The number of allylic oxidation sites excluding steroid dienone is 2. The minimum absolute atomic E-state index is 0.0292. The molecule has 0 saturated carbocycles. The molecule has 0 spiro atoms. The van der Waals surface area contributed by atoms with E-state index in [1.165, 1.54) is 25.3 Å². The summed E-state index contributed by atoms with van der Waals surface area (Å²) >= 11 is 0. The van der Waals surface area contributed by atoms with Crippen LogP contribution in [-0.2, 0) is 9.53 Å². The van der Waals surface area contributed by atoms with Crippen molar-refractivity contribution in [2.24, 2.45) is 0 Å². The van der Waals surface area contributed by atoms with Crippen molar-refractivity contribution in [2.45, 2.75) is 0 Å². The summed E-state index contributed by atoms with van der Waals surface area (Å²) in [7, 11) is 2.85. The Hall–Kier alpha value is -3.72. The van der Waals surface area contributed by atoms with Crippen LogP contribution in [0.15, 0.2) is 58.5 Å². The minimum atomic E-state index is -0.438. The SMILES string of the molecule is COCC(=O)N(C)C1=C(N2CCN(C(=O)c3ccco3)CC2)C(=O)c2ccccc2C1=O. The number of hydrogen-bond donors (Lipinski definition) is 0. The van der Waals surface area contributed by atoms with Gasteiger partial charge in [-0.25, -0.2) is 0 Å². The van der Waals surface area contributed by atoms with Gasteiger partial charge >= 0.3 is 0 Å². The molecule has 1 aliphatic heterocycles. The standard InChI is InChI=1S/C23H23N3O6/c1-24(18(27)14-31-2)19-20(22(29)16-7-4-3-6-15(16)21(19)28)25-9-11-26(12-10-25)23(30)17-8-5-13-32-17/h3-8,13H,9-12,14H2,1-2H3. The van der Waals surface area contributed by atoms with Gasteiger partial charge in [-0.3, -0.25) is 19.2 Å². The first-order valence-electron chi connectivity index (χ1n) is 10.2. The van der Waals surface area contributed by atoms with E-state index in [9.17, 15) is 19.2 Å². The predicted molar refractivity (Wildman–Crippen MR) is 113 cm³/mol. The number of ketones is 2. The molecule has 1 aliphatic carbocycles. The molecule has 0 atom stereocenters. The number of furan rings is 1. The molecule has 1 aromatic heterocycles. The fourth-order valence-electron chi connectivity index (χ4n) is 3.99. The van der Waals surface area contributed by atoms with Crippen LogP contribution in [0.1, 0.15) is 31.3 Å². The second-order valence-electron chi connectivity index (χ2n) is 7.54. The van der Waals surface area contributed by atoms with Crippen LogP contribution in [0, 0.1) is 0 Å². The zero-order valence-electron chi connectivity index (χ0n) is 17.9. The van der Waals surface area contributed by atoms with Crippen molar-refractivity contribution in [3.63, 3.8) is 0 Å². The van der Waals surface area contributed by atoms with Gasteiger partial charge in [0.2, 0.25) is 11.6 Å². The number of rotatable bonds is 5. The number of Topliss-reactive ketones (excluding diaryl/α,β-unsaturated/α-hetero) is 2. The Kier molecular flexibility index (Phi) is 5.91. The first-order valence-corrected chi connectivity index (χ1v) is 10.2. The summed E-state index contributed by atoms with van der Waals surface area (Å²) in [5.41, 5.74) is 0.769. The van der Waals surface area contributed by atoms with Gasteiger partial charge in [0.15, 0.2) is 5.76 Å². The van der Waals surface area contributed by atoms with E-state index < -0.39 is 11.7 Å². The molecule has 2 aromatic rings. The molecule has 0 N–H and O–H groups in total. The molecule has 32 heavy (non-hydrogen) atoms. The Balaban J connectivity index is 1.66. The molecule has 1 fully saturated rings. The van der Waals surface area contributed by atoms with E-state index in [1.807, 2.05) is 0 Å². The normalized spacial score (nSPS) is 16.3. The molecule has 0 radical (unpaired) electrons. The summed E-state index contributed by atoms with van der Waals surface area (Å²) in [6.07, 6.45) is 1.44. The maximum atomic E-state index is 13.4. The number of fused-ring (bicyclic) bond motifs is 1. The molecule has 1 saturated heterocycles. The monoisotopic (exact) mass is 437 g/mol. The summed E-state index contributed by atoms with van der Waals surface area (Å²) in [5.74, 6) is -1.13. The molecular weight excluding hydrogens is 414 g/mol. The Bertz CT molecular complexity index is 1100. The molecule has 4 rings (SSSR count). The van der Waals surface area contributed by atoms with Crippen molar-refractivity contribution in [3.05, 3.63) is 70.9 Å². The number of likely N-dealkylation sites (N-methyl/N-ethyl adjacent to an activating group) is 1. The molecule has 0 bridgehead atoms. The van der Waals surface area contributed by atoms with Crippen molar-refractivity contribution in [2.75, 3.05) is 46.9 Å². The Morgan fingerprint density at radius 1 is 1.00 bits per heavy atom. The number of carbonyl (C=O) groups is 4. The average Bonchev–Trinajstić information content (AvgIpc) is 3.36. The number of piperazine rings is 1. The lowest BCUT2D eigenvalue weighted by molar-refractivity contribution is -0.131. The van der Waals surface area contributed by atoms with Gasteiger partial charge in [0.25, 0.3) is 11.8 Å². The maximum absolute atomic E-state index is 13.4. The Morgan fingerprint density at radius 3 is 2.25 bits per heavy atom. The van der Waals surface area contributed by atoms with Crippen molar-refractivity contribution in [3.8, 4) is 0 Å². The predicted octanol–water partition coefficient (Wildman–Crippen LogP) is 1.43. The first-order chi connectivity index (χ1) is 15.4. The van der Waals surface area contributed by atoms with Gasteiger partial charge in [0, 0.05) is 51.5 Å². The van der Waals surface area contributed by atoms with Crippen LogP contribution >= 0.6 is 0 Å². The molecule has 2 amide bonds. The van der Waals surface area contributed by atoms with E-state index in [0.29, 0.717) is 31.7 Å². The molecule has 9 nitrogen and oxygen atoms in total. The van der Waals surface area contributed by atoms with Gasteiger partial charge in [-0.2, -0.15) is 0 Å². The zero-order valence-corrected chi connectivity index (χ0v) is 17.9. The lowest BCUT2D eigenvalue weighted by atomic mass is 9.89. The number of amides is 2. The van der Waals surface area contributed by atoms with Crippen molar-refractivity contribution in [1.82, 2.24) is 14.7 Å². The number of benzene rings is 1. The number of nitrogens with zero attached hydrogens (tertiary/aromatic N) is 3. The fraction of sp³-hybridized carbons (Fsp3) is 0.304. The third-order valence-corrected chi connectivity index (χ3v) is 5.66. The van der Waals surface area contributed by atoms with Crippen molar-refractivity contribution < 1.29 is 28.3 Å². The molecule has 0 unspecified atom stereocenters. The highest BCUT2D eigenvalue weighted by molar-refractivity contribution is 6.27. The zero-order chi connectivity index (χ0) is 22.8. The van der Waals surface area contributed by atoms with E-state index in [0.717, 1.165) is 0 Å². The second-order valence-corrected chi connectivity index (χ2v) is 7.54. The topological polar surface area (TPSA) is 100 Å².